The van der Waals surface area contributed by atoms with E-state index in [-0.39, 0.29) is 24.8 Å². The van der Waals surface area contributed by atoms with Crippen molar-refractivity contribution in [3.63, 3.8) is 0 Å². The van der Waals surface area contributed by atoms with E-state index >= 15 is 0 Å². The van der Waals surface area contributed by atoms with E-state index in [2.05, 4.69) is 0 Å². The molecule has 2 unspecified atom stereocenters. The van der Waals surface area contributed by atoms with Crippen molar-refractivity contribution in [2.75, 3.05) is 0 Å². The molecule has 29 heavy (non-hydrogen) atoms. The third-order valence-electron chi connectivity index (χ3n) is 4.34. The van der Waals surface area contributed by atoms with E-state index in [0.29, 0.717) is 5.56 Å². The summed E-state index contributed by atoms with van der Waals surface area (Å²) in [7, 11) is 0. The number of carbonyl (C=O) groups is 3. The minimum atomic E-state index is -1.32. The average molecular weight is 408 g/mol. The maximum Gasteiger partial charge on any atom is 0.373 e. The number of rotatable bonds is 6. The molecule has 0 bridgehead atoms. The molecule has 0 aliphatic carbocycles. The van der Waals surface area contributed by atoms with Crippen LogP contribution >= 0.6 is 0 Å². The summed E-state index contributed by atoms with van der Waals surface area (Å²) >= 11 is 0. The largest absolute Gasteiger partial charge is 0.459 e. The molecule has 158 valence electrons. The maximum absolute atomic E-state index is 12.3. The molecule has 2 rings (SSSR count). The predicted octanol–water partition coefficient (Wildman–Crippen LogP) is 1.28. The highest BCUT2D eigenvalue weighted by Gasteiger charge is 2.45. The number of aliphatic hydroxyl groups is 1. The quantitative estimate of drug-likeness (QED) is 0.691. The van der Waals surface area contributed by atoms with Crippen molar-refractivity contribution in [2.45, 2.75) is 58.2 Å². The lowest BCUT2D eigenvalue weighted by Crippen LogP contribution is -2.55. The zero-order valence-corrected chi connectivity index (χ0v) is 16.4. The van der Waals surface area contributed by atoms with Gasteiger partial charge in [0.2, 0.25) is 0 Å². The van der Waals surface area contributed by atoms with Crippen LogP contribution in [0.5, 0.6) is 0 Å². The number of hydrogen-bond donors (Lipinski definition) is 1. The van der Waals surface area contributed by atoms with Gasteiger partial charge in [0, 0.05) is 12.3 Å². The van der Waals surface area contributed by atoms with E-state index in [9.17, 15) is 19.5 Å². The first-order chi connectivity index (χ1) is 13.7. The first-order valence-electron chi connectivity index (χ1n) is 8.99. The fraction of sp³-hybridized carbons (Fsp3) is 0.500. The number of ketones is 1. The van der Waals surface area contributed by atoms with Gasteiger partial charge >= 0.3 is 18.1 Å². The second-order valence-electron chi connectivity index (χ2n) is 6.57. The second kappa shape index (κ2) is 11.9. The molecule has 0 aromatic heterocycles. The number of ether oxygens (including phenoxy) is 3. The van der Waals surface area contributed by atoms with Gasteiger partial charge in [-0.2, -0.15) is 9.59 Å². The van der Waals surface area contributed by atoms with Gasteiger partial charge in [-0.3, -0.25) is 4.79 Å². The summed E-state index contributed by atoms with van der Waals surface area (Å²) in [6, 6.07) is 8.39. The molecule has 0 spiro atoms. The summed E-state index contributed by atoms with van der Waals surface area (Å²) in [6.07, 6.45) is -3.25. The summed E-state index contributed by atoms with van der Waals surface area (Å²) in [5, 5.41) is 10.1. The van der Waals surface area contributed by atoms with E-state index in [1.165, 1.54) is 6.92 Å². The number of aliphatic hydroxyl groups excluding tert-OH is 1. The number of esters is 2. The van der Waals surface area contributed by atoms with Crippen molar-refractivity contribution in [2.24, 2.45) is 5.92 Å². The highest BCUT2D eigenvalue weighted by molar-refractivity contribution is 5.89. The number of hydrogen-bond acceptors (Lipinski definition) is 9. The third kappa shape index (κ3) is 7.57. The van der Waals surface area contributed by atoms with Gasteiger partial charge < -0.3 is 24.1 Å². The topological polar surface area (TPSA) is 133 Å². The Morgan fingerprint density at radius 3 is 2.17 bits per heavy atom. The smallest absolute Gasteiger partial charge is 0.373 e. The highest BCUT2D eigenvalue weighted by Crippen LogP contribution is 2.30. The van der Waals surface area contributed by atoms with Crippen molar-refractivity contribution in [3.8, 4) is 0 Å². The summed E-state index contributed by atoms with van der Waals surface area (Å²) < 4.78 is 16.2. The SMILES string of the molecule is CC(=O)CCC(=O)O[C@@H]1C(C)O[C@@H](O)C(OC(=O)c2ccccc2)[C@H]1C.O=C=O. The zero-order chi connectivity index (χ0) is 22.0. The van der Waals surface area contributed by atoms with Crippen LogP contribution in [0.2, 0.25) is 0 Å². The van der Waals surface area contributed by atoms with Gasteiger partial charge in [0.05, 0.1) is 18.1 Å². The van der Waals surface area contributed by atoms with Crippen LogP contribution in [0.25, 0.3) is 0 Å². The molecule has 1 aliphatic rings. The van der Waals surface area contributed by atoms with Crippen LogP contribution in [0.15, 0.2) is 30.3 Å². The fourth-order valence-corrected chi connectivity index (χ4v) is 2.87. The zero-order valence-electron chi connectivity index (χ0n) is 16.4. The Hall–Kier alpha value is -2.87. The van der Waals surface area contributed by atoms with Crippen molar-refractivity contribution in [1.82, 2.24) is 0 Å². The van der Waals surface area contributed by atoms with Crippen LogP contribution in [0, 0.1) is 5.92 Å². The molecule has 1 aliphatic heterocycles. The van der Waals surface area contributed by atoms with Crippen molar-refractivity contribution < 1.29 is 43.3 Å². The van der Waals surface area contributed by atoms with Crippen molar-refractivity contribution in [1.29, 1.82) is 0 Å². The Bertz CT molecular complexity index is 725. The van der Waals surface area contributed by atoms with Gasteiger partial charge in [0.1, 0.15) is 11.9 Å². The molecular formula is C20H24O9. The highest BCUT2D eigenvalue weighted by atomic mass is 16.7. The van der Waals surface area contributed by atoms with Crippen LogP contribution in [-0.2, 0) is 33.4 Å². The first kappa shape index (κ1) is 24.2. The Balaban J connectivity index is 0.00000132. The molecule has 1 heterocycles. The molecule has 9 nitrogen and oxygen atoms in total. The Morgan fingerprint density at radius 2 is 1.62 bits per heavy atom. The molecule has 1 N–H and O–H groups in total. The summed E-state index contributed by atoms with van der Waals surface area (Å²) in [4.78, 5) is 51.4. The van der Waals surface area contributed by atoms with E-state index in [1.54, 1.807) is 44.2 Å². The van der Waals surface area contributed by atoms with Crippen LogP contribution in [0.4, 0.5) is 0 Å². The molecule has 9 heteroatoms. The maximum atomic E-state index is 12.3. The van der Waals surface area contributed by atoms with E-state index < -0.39 is 42.5 Å². The van der Waals surface area contributed by atoms with Gasteiger partial charge in [0.25, 0.3) is 0 Å². The van der Waals surface area contributed by atoms with Crippen molar-refractivity contribution in [3.05, 3.63) is 35.9 Å². The van der Waals surface area contributed by atoms with E-state index in [1.807, 2.05) is 0 Å². The summed E-state index contributed by atoms with van der Waals surface area (Å²) in [5.41, 5.74) is 0.348. The number of benzene rings is 1. The standard InChI is InChI=1S/C19H24O7.CO2/c1-11(20)9-10-15(21)25-16-12(2)17(19(23)24-13(16)3)26-18(22)14-7-5-4-6-8-14;2-1-3/h4-8,12-13,16-17,19,23H,9-10H2,1-3H3;/t12-,13?,16-,17?,19+;/m0./s1. The monoisotopic (exact) mass is 408 g/mol. The lowest BCUT2D eigenvalue weighted by molar-refractivity contribution is -0.265. The van der Waals surface area contributed by atoms with Gasteiger partial charge in [0.15, 0.2) is 12.4 Å². The van der Waals surface area contributed by atoms with Crippen LogP contribution < -0.4 is 0 Å². The van der Waals surface area contributed by atoms with Gasteiger partial charge in [-0.25, -0.2) is 4.79 Å². The molecule has 1 saturated heterocycles. The van der Waals surface area contributed by atoms with Crippen LogP contribution in [0.1, 0.15) is 44.0 Å². The molecule has 1 aromatic rings. The van der Waals surface area contributed by atoms with E-state index in [0.717, 1.165) is 0 Å². The van der Waals surface area contributed by atoms with Crippen LogP contribution in [-0.4, -0.2) is 53.6 Å². The third-order valence-corrected chi connectivity index (χ3v) is 4.34. The molecule has 0 amide bonds. The fourth-order valence-electron chi connectivity index (χ4n) is 2.87. The first-order valence-corrected chi connectivity index (χ1v) is 8.99. The molecule has 1 fully saturated rings. The predicted molar refractivity (Wildman–Crippen MR) is 96.2 cm³/mol. The molecular weight excluding hydrogens is 384 g/mol. The normalized spacial score (nSPS) is 25.6. The van der Waals surface area contributed by atoms with Gasteiger partial charge in [-0.1, -0.05) is 25.1 Å². The summed E-state index contributed by atoms with van der Waals surface area (Å²) in [5.74, 6) is -1.71. The van der Waals surface area contributed by atoms with Gasteiger partial charge in [-0.05, 0) is 26.0 Å². The van der Waals surface area contributed by atoms with Gasteiger partial charge in [-0.15, -0.1) is 0 Å². The van der Waals surface area contributed by atoms with Crippen LogP contribution in [0.3, 0.4) is 0 Å². The lowest BCUT2D eigenvalue weighted by atomic mass is 9.91. The minimum Gasteiger partial charge on any atom is -0.459 e. The minimum absolute atomic E-state index is 0.0255. The second-order valence-corrected chi connectivity index (χ2v) is 6.57. The Kier molecular flexibility index (Phi) is 9.88. The molecule has 0 radical (unpaired) electrons. The van der Waals surface area contributed by atoms with Crippen molar-refractivity contribution >= 4 is 23.9 Å². The molecule has 1 aromatic carbocycles. The Labute approximate surface area is 167 Å². The number of Topliss-reactive ketones (excluding diaryl/α,β-unsaturated/α-hetero) is 1. The molecule has 0 saturated carbocycles. The lowest BCUT2D eigenvalue weighted by Gasteiger charge is -2.41. The Morgan fingerprint density at radius 1 is 1.03 bits per heavy atom. The number of carbonyl (C=O) groups excluding carboxylic acids is 5. The average Bonchev–Trinajstić information content (AvgIpc) is 2.68. The molecule has 5 atom stereocenters. The summed E-state index contributed by atoms with van der Waals surface area (Å²) in [6.45, 7) is 4.78. The van der Waals surface area contributed by atoms with E-state index in [4.69, 9.17) is 23.8 Å².